The maximum Gasteiger partial charge on any atom is 0.184 e. The van der Waals surface area contributed by atoms with Crippen LogP contribution in [0.1, 0.15) is 32.4 Å². The van der Waals surface area contributed by atoms with Gasteiger partial charge in [0.2, 0.25) is 0 Å². The molecule has 2 atom stereocenters. The molecule has 18 heavy (non-hydrogen) atoms. The Bertz CT molecular complexity index is 370. The molecule has 1 aromatic carbocycles. The van der Waals surface area contributed by atoms with E-state index in [0.717, 1.165) is 5.56 Å². The number of aliphatic hydroxyl groups excluding tert-OH is 1. The Kier molecular flexibility index (Phi) is 4.76. The van der Waals surface area contributed by atoms with E-state index >= 15 is 0 Å². The van der Waals surface area contributed by atoms with Crippen molar-refractivity contribution in [2.75, 3.05) is 0 Å². The summed E-state index contributed by atoms with van der Waals surface area (Å²) in [6, 6.07) is 9.78. The van der Waals surface area contributed by atoms with E-state index in [-0.39, 0.29) is 5.92 Å². The minimum Gasteiger partial charge on any atom is -0.409 e. The SMILES string of the molecule is CC(C)[C@](C)(O[Si](C)(C)C)[C@H](O)c1ccccc1. The summed E-state index contributed by atoms with van der Waals surface area (Å²) in [5.74, 6) is 0.249. The van der Waals surface area contributed by atoms with E-state index in [1.807, 2.05) is 37.3 Å². The van der Waals surface area contributed by atoms with Gasteiger partial charge in [-0.1, -0.05) is 44.2 Å². The van der Waals surface area contributed by atoms with Gasteiger partial charge in [0.25, 0.3) is 0 Å². The Morgan fingerprint density at radius 3 is 2.00 bits per heavy atom. The fourth-order valence-electron chi connectivity index (χ4n) is 2.12. The van der Waals surface area contributed by atoms with Crippen molar-refractivity contribution in [2.45, 2.75) is 52.1 Å². The molecule has 3 heteroatoms. The van der Waals surface area contributed by atoms with Crippen molar-refractivity contribution in [3.63, 3.8) is 0 Å². The molecule has 1 N–H and O–H groups in total. The normalized spacial score (nSPS) is 17.6. The lowest BCUT2D eigenvalue weighted by atomic mass is 9.83. The molecule has 0 aliphatic heterocycles. The van der Waals surface area contributed by atoms with Crippen LogP contribution < -0.4 is 0 Å². The first-order valence-electron chi connectivity index (χ1n) is 6.60. The molecule has 102 valence electrons. The van der Waals surface area contributed by atoms with Crippen molar-refractivity contribution in [2.24, 2.45) is 5.92 Å². The maximum absolute atomic E-state index is 10.7. The lowest BCUT2D eigenvalue weighted by molar-refractivity contribution is -0.0801. The highest BCUT2D eigenvalue weighted by molar-refractivity contribution is 6.69. The average Bonchev–Trinajstić information content (AvgIpc) is 2.26. The molecule has 0 fully saturated rings. The van der Waals surface area contributed by atoms with Gasteiger partial charge in [0, 0.05) is 0 Å². The van der Waals surface area contributed by atoms with E-state index in [2.05, 4.69) is 33.5 Å². The van der Waals surface area contributed by atoms with Crippen LogP contribution in [0.5, 0.6) is 0 Å². The molecule has 0 aliphatic rings. The maximum atomic E-state index is 10.7. The van der Waals surface area contributed by atoms with Gasteiger partial charge in [-0.2, -0.15) is 0 Å². The third kappa shape index (κ3) is 3.67. The molecule has 0 heterocycles. The van der Waals surface area contributed by atoms with Crippen LogP contribution in [-0.2, 0) is 4.43 Å². The molecule has 2 nitrogen and oxygen atoms in total. The first kappa shape index (κ1) is 15.4. The van der Waals surface area contributed by atoms with Crippen LogP contribution >= 0.6 is 0 Å². The van der Waals surface area contributed by atoms with Gasteiger partial charge >= 0.3 is 0 Å². The first-order chi connectivity index (χ1) is 8.17. The van der Waals surface area contributed by atoms with Crippen LogP contribution in [0.25, 0.3) is 0 Å². The van der Waals surface area contributed by atoms with E-state index in [4.69, 9.17) is 4.43 Å². The minimum atomic E-state index is -1.71. The summed E-state index contributed by atoms with van der Waals surface area (Å²) in [5.41, 5.74) is 0.387. The highest BCUT2D eigenvalue weighted by atomic mass is 28.4. The minimum absolute atomic E-state index is 0.249. The largest absolute Gasteiger partial charge is 0.409 e. The summed E-state index contributed by atoms with van der Waals surface area (Å²) < 4.78 is 6.29. The van der Waals surface area contributed by atoms with Gasteiger partial charge in [0.1, 0.15) is 6.10 Å². The summed E-state index contributed by atoms with van der Waals surface area (Å²) in [4.78, 5) is 0. The summed E-state index contributed by atoms with van der Waals surface area (Å²) in [6.07, 6.45) is -0.592. The van der Waals surface area contributed by atoms with E-state index in [0.29, 0.717) is 0 Å². The fraction of sp³-hybridized carbons (Fsp3) is 0.600. The summed E-state index contributed by atoms with van der Waals surface area (Å²) in [6.45, 7) is 12.7. The van der Waals surface area contributed by atoms with Crippen molar-refractivity contribution in [3.05, 3.63) is 35.9 Å². The Labute approximate surface area is 112 Å². The third-order valence-corrected chi connectivity index (χ3v) is 4.38. The Hall–Kier alpha value is -0.643. The number of hydrogen-bond acceptors (Lipinski definition) is 2. The Morgan fingerprint density at radius 2 is 1.61 bits per heavy atom. The van der Waals surface area contributed by atoms with Gasteiger partial charge in [-0.05, 0) is 38.0 Å². The van der Waals surface area contributed by atoms with Gasteiger partial charge in [-0.25, -0.2) is 0 Å². The molecule has 1 rings (SSSR count). The fourth-order valence-corrected chi connectivity index (χ4v) is 3.78. The molecule has 0 amide bonds. The van der Waals surface area contributed by atoms with E-state index in [1.54, 1.807) is 0 Å². The van der Waals surface area contributed by atoms with Crippen LogP contribution in [0.15, 0.2) is 30.3 Å². The molecule has 0 spiro atoms. The topological polar surface area (TPSA) is 29.5 Å². The standard InChI is InChI=1S/C15H26O2Si/c1-12(2)15(3,17-18(4,5)6)14(16)13-10-8-7-9-11-13/h7-12,14,16H,1-6H3/t14-,15+/m1/s1. The summed E-state index contributed by atoms with van der Waals surface area (Å²) in [7, 11) is -1.71. The monoisotopic (exact) mass is 266 g/mol. The molecule has 0 aromatic heterocycles. The molecule has 0 unspecified atom stereocenters. The van der Waals surface area contributed by atoms with Crippen molar-refractivity contribution in [3.8, 4) is 0 Å². The summed E-state index contributed by atoms with van der Waals surface area (Å²) >= 11 is 0. The first-order valence-corrected chi connectivity index (χ1v) is 10.0. The Morgan fingerprint density at radius 1 is 1.11 bits per heavy atom. The molecular formula is C15H26O2Si. The molecule has 1 aromatic rings. The highest BCUT2D eigenvalue weighted by Gasteiger charge is 2.41. The lowest BCUT2D eigenvalue weighted by Crippen LogP contribution is -2.48. The molecular weight excluding hydrogens is 240 g/mol. The number of aliphatic hydroxyl groups is 1. The summed E-state index contributed by atoms with van der Waals surface area (Å²) in [5, 5.41) is 10.7. The zero-order chi connectivity index (χ0) is 14.0. The van der Waals surface area contributed by atoms with Crippen LogP contribution in [0.4, 0.5) is 0 Å². The zero-order valence-electron chi connectivity index (χ0n) is 12.4. The van der Waals surface area contributed by atoms with Gasteiger partial charge in [0.15, 0.2) is 8.32 Å². The van der Waals surface area contributed by atoms with Crippen molar-refractivity contribution >= 4 is 8.32 Å². The molecule has 0 bridgehead atoms. The van der Waals surface area contributed by atoms with Crippen molar-refractivity contribution in [1.29, 1.82) is 0 Å². The molecule has 0 aliphatic carbocycles. The van der Waals surface area contributed by atoms with Crippen LogP contribution in [-0.4, -0.2) is 19.0 Å². The number of hydrogen-bond donors (Lipinski definition) is 1. The second kappa shape index (κ2) is 5.55. The van der Waals surface area contributed by atoms with Gasteiger partial charge in [-0.3, -0.25) is 0 Å². The highest BCUT2D eigenvalue weighted by Crippen LogP contribution is 2.37. The zero-order valence-corrected chi connectivity index (χ0v) is 13.4. The second-order valence-corrected chi connectivity index (χ2v) is 10.8. The second-order valence-electron chi connectivity index (χ2n) is 6.37. The van der Waals surface area contributed by atoms with Crippen molar-refractivity contribution in [1.82, 2.24) is 0 Å². The number of rotatable bonds is 5. The van der Waals surface area contributed by atoms with Crippen LogP contribution in [0, 0.1) is 5.92 Å². The lowest BCUT2D eigenvalue weighted by Gasteiger charge is -2.43. The van der Waals surface area contributed by atoms with Crippen LogP contribution in [0.2, 0.25) is 19.6 Å². The predicted octanol–water partition coefficient (Wildman–Crippen LogP) is 3.99. The smallest absolute Gasteiger partial charge is 0.184 e. The number of benzene rings is 1. The van der Waals surface area contributed by atoms with Crippen molar-refractivity contribution < 1.29 is 9.53 Å². The van der Waals surface area contributed by atoms with Crippen LogP contribution in [0.3, 0.4) is 0 Å². The average molecular weight is 266 g/mol. The van der Waals surface area contributed by atoms with Gasteiger partial charge < -0.3 is 9.53 Å². The van der Waals surface area contributed by atoms with E-state index in [1.165, 1.54) is 0 Å². The Balaban J connectivity index is 3.05. The van der Waals surface area contributed by atoms with Gasteiger partial charge in [-0.15, -0.1) is 0 Å². The molecule has 0 saturated carbocycles. The third-order valence-electron chi connectivity index (χ3n) is 3.33. The molecule has 0 saturated heterocycles. The quantitative estimate of drug-likeness (QED) is 0.817. The van der Waals surface area contributed by atoms with Gasteiger partial charge in [0.05, 0.1) is 5.60 Å². The molecule has 0 radical (unpaired) electrons. The van der Waals surface area contributed by atoms with E-state index in [9.17, 15) is 5.11 Å². The predicted molar refractivity (Wildman–Crippen MR) is 79.1 cm³/mol. The van der Waals surface area contributed by atoms with E-state index < -0.39 is 20.0 Å².